The summed E-state index contributed by atoms with van der Waals surface area (Å²) >= 11 is 0. The summed E-state index contributed by atoms with van der Waals surface area (Å²) in [7, 11) is 0. The molecule has 0 radical (unpaired) electrons. The third kappa shape index (κ3) is 7.88. The minimum absolute atomic E-state index is 0.0217. The number of benzene rings is 4. The zero-order valence-corrected chi connectivity index (χ0v) is 22.7. The van der Waals surface area contributed by atoms with Gasteiger partial charge in [0.15, 0.2) is 0 Å². The summed E-state index contributed by atoms with van der Waals surface area (Å²) in [4.78, 5) is 0. The van der Waals surface area contributed by atoms with Gasteiger partial charge in [-0.3, -0.25) is 0 Å². The second-order valence-electron chi connectivity index (χ2n) is 10.5. The molecule has 0 bridgehead atoms. The maximum Gasteiger partial charge on any atom is 0.122 e. The maximum absolute atomic E-state index is 10.1. The van der Waals surface area contributed by atoms with Gasteiger partial charge in [0.1, 0.15) is 17.2 Å². The van der Waals surface area contributed by atoms with Crippen molar-refractivity contribution in [3.8, 4) is 28.4 Å². The predicted molar refractivity (Wildman–Crippen MR) is 155 cm³/mol. The van der Waals surface area contributed by atoms with E-state index in [1.165, 1.54) is 22.3 Å². The Labute approximate surface area is 222 Å². The summed E-state index contributed by atoms with van der Waals surface area (Å²) in [6.45, 7) is 10.6. The second-order valence-corrected chi connectivity index (χ2v) is 10.5. The lowest BCUT2D eigenvalue weighted by molar-refractivity contribution is 0.440. The molecule has 194 valence electrons. The van der Waals surface area contributed by atoms with Gasteiger partial charge >= 0.3 is 0 Å². The number of hydrogen-bond acceptors (Lipinski definition) is 3. The monoisotopic (exact) mass is 496 g/mol. The molecule has 0 saturated heterocycles. The van der Waals surface area contributed by atoms with Gasteiger partial charge in [-0.25, -0.2) is 0 Å². The van der Waals surface area contributed by atoms with Crippen molar-refractivity contribution in [2.75, 3.05) is 0 Å². The van der Waals surface area contributed by atoms with E-state index in [2.05, 4.69) is 58.9 Å². The van der Waals surface area contributed by atoms with Crippen LogP contribution in [0, 0.1) is 0 Å². The highest BCUT2D eigenvalue weighted by Gasteiger charge is 2.19. The number of aromatic hydroxyl groups is 3. The predicted octanol–water partition coefficient (Wildman–Crippen LogP) is 8.95. The fourth-order valence-electron chi connectivity index (χ4n) is 4.42. The van der Waals surface area contributed by atoms with Crippen LogP contribution in [0.5, 0.6) is 17.2 Å². The third-order valence-electron chi connectivity index (χ3n) is 6.56. The van der Waals surface area contributed by atoms with E-state index < -0.39 is 0 Å². The van der Waals surface area contributed by atoms with Crippen LogP contribution < -0.4 is 0 Å². The molecule has 2 aliphatic rings. The molecule has 37 heavy (non-hydrogen) atoms. The van der Waals surface area contributed by atoms with Crippen molar-refractivity contribution in [2.24, 2.45) is 0 Å². The molecular weight excluding hydrogens is 456 g/mol. The standard InChI is InChI=1S/C15H16O2.C13H20O.C6H4/c1-2-15(11-3-7-13(16)8-4-11)12-5-9-14(17)10-6-12;1-5-7-10-8-6-9-11(12(10)14)13(2,3)4;1-2-5-4-6(5)3-1/h3-10,15-17H,2H2,1H3;6,8-9,14H,5,7H2,1-4H3;1-4H. The maximum atomic E-state index is 10.1. The van der Waals surface area contributed by atoms with Crippen LogP contribution in [0.2, 0.25) is 0 Å². The molecule has 3 aromatic rings. The minimum Gasteiger partial charge on any atom is -0.508 e. The first kappa shape index (κ1) is 27.9. The minimum atomic E-state index is 0.0217. The molecule has 0 aromatic heterocycles. The van der Waals surface area contributed by atoms with Crippen molar-refractivity contribution in [1.29, 1.82) is 0 Å². The van der Waals surface area contributed by atoms with Crippen LogP contribution in [0.25, 0.3) is 11.1 Å². The van der Waals surface area contributed by atoms with E-state index in [0.29, 0.717) is 11.7 Å². The van der Waals surface area contributed by atoms with Crippen molar-refractivity contribution < 1.29 is 15.3 Å². The van der Waals surface area contributed by atoms with E-state index in [1.54, 1.807) is 24.3 Å². The Kier molecular flexibility index (Phi) is 9.41. The van der Waals surface area contributed by atoms with Gasteiger partial charge in [-0.1, -0.05) is 102 Å². The van der Waals surface area contributed by atoms with Crippen molar-refractivity contribution in [2.45, 2.75) is 65.2 Å². The number of rotatable bonds is 5. The first-order valence-corrected chi connectivity index (χ1v) is 13.1. The van der Waals surface area contributed by atoms with Crippen molar-refractivity contribution in [1.82, 2.24) is 0 Å². The van der Waals surface area contributed by atoms with E-state index in [4.69, 9.17) is 0 Å². The van der Waals surface area contributed by atoms with E-state index in [0.717, 1.165) is 30.4 Å². The van der Waals surface area contributed by atoms with Crippen molar-refractivity contribution in [3.63, 3.8) is 0 Å². The number of phenolic OH excluding ortho intramolecular Hbond substituents is 3. The van der Waals surface area contributed by atoms with E-state index >= 15 is 0 Å². The Bertz CT molecular complexity index is 1200. The van der Waals surface area contributed by atoms with Crippen LogP contribution in [-0.2, 0) is 11.8 Å². The van der Waals surface area contributed by atoms with Crippen LogP contribution in [-0.4, -0.2) is 15.3 Å². The lowest BCUT2D eigenvalue weighted by Gasteiger charge is -2.21. The van der Waals surface area contributed by atoms with E-state index in [-0.39, 0.29) is 16.9 Å². The van der Waals surface area contributed by atoms with Gasteiger partial charge in [-0.05, 0) is 82.0 Å². The molecule has 0 amide bonds. The largest absolute Gasteiger partial charge is 0.508 e. The summed E-state index contributed by atoms with van der Waals surface area (Å²) in [5, 5.41) is 28.6. The van der Waals surface area contributed by atoms with Gasteiger partial charge in [0.2, 0.25) is 0 Å². The van der Waals surface area contributed by atoms with Gasteiger partial charge < -0.3 is 15.3 Å². The van der Waals surface area contributed by atoms with Crippen LogP contribution in [0.3, 0.4) is 0 Å². The Balaban J connectivity index is 0.000000169. The highest BCUT2D eigenvalue weighted by atomic mass is 16.3. The molecule has 0 unspecified atom stereocenters. The molecule has 0 spiro atoms. The zero-order valence-electron chi connectivity index (χ0n) is 22.7. The van der Waals surface area contributed by atoms with Gasteiger partial charge in [0.05, 0.1) is 0 Å². The molecule has 0 saturated carbocycles. The quantitative estimate of drug-likeness (QED) is 0.228. The van der Waals surface area contributed by atoms with E-state index in [1.807, 2.05) is 42.5 Å². The number of hydrogen-bond donors (Lipinski definition) is 3. The summed E-state index contributed by atoms with van der Waals surface area (Å²) in [5.41, 5.74) is 7.34. The molecular formula is C34H40O3. The highest BCUT2D eigenvalue weighted by molar-refractivity contribution is 5.80. The summed E-state index contributed by atoms with van der Waals surface area (Å²) in [6, 6.07) is 29.1. The molecule has 3 heteroatoms. The second kappa shape index (κ2) is 12.5. The number of fused-ring (bicyclic) bond motifs is 1. The molecule has 5 rings (SSSR count). The fourth-order valence-corrected chi connectivity index (χ4v) is 4.42. The fraction of sp³-hybridized carbons (Fsp3) is 0.294. The van der Waals surface area contributed by atoms with E-state index in [9.17, 15) is 15.3 Å². The lowest BCUT2D eigenvalue weighted by atomic mass is 9.85. The Morgan fingerprint density at radius 2 is 1.14 bits per heavy atom. The average Bonchev–Trinajstić information content (AvgIpc) is 3.47. The molecule has 0 fully saturated rings. The van der Waals surface area contributed by atoms with Crippen LogP contribution in [0.4, 0.5) is 0 Å². The molecule has 3 N–H and O–H groups in total. The summed E-state index contributed by atoms with van der Waals surface area (Å²) in [6.07, 6.45) is 3.01. The summed E-state index contributed by atoms with van der Waals surface area (Å²) < 4.78 is 0. The summed E-state index contributed by atoms with van der Waals surface area (Å²) in [5.74, 6) is 1.36. The topological polar surface area (TPSA) is 60.7 Å². The normalized spacial score (nSPS) is 11.2. The Hall–Kier alpha value is -3.72. The molecule has 3 aromatic carbocycles. The van der Waals surface area contributed by atoms with Gasteiger partial charge in [0, 0.05) is 5.92 Å². The number of aryl methyl sites for hydroxylation is 1. The van der Waals surface area contributed by atoms with Crippen molar-refractivity contribution in [3.05, 3.63) is 113 Å². The van der Waals surface area contributed by atoms with Gasteiger partial charge in [0.25, 0.3) is 0 Å². The number of para-hydroxylation sites is 1. The van der Waals surface area contributed by atoms with Crippen LogP contribution in [0.15, 0.2) is 91.0 Å². The smallest absolute Gasteiger partial charge is 0.122 e. The molecule has 2 aliphatic carbocycles. The third-order valence-corrected chi connectivity index (χ3v) is 6.56. The lowest BCUT2D eigenvalue weighted by Crippen LogP contribution is -2.11. The Morgan fingerprint density at radius 1 is 0.649 bits per heavy atom. The average molecular weight is 497 g/mol. The SMILES string of the molecule is CCC(c1ccc(O)cc1)c1ccc(O)cc1.CCCc1cccc(C(C)(C)C)c1O.c1cc2cc-2c1. The molecule has 0 aliphatic heterocycles. The first-order chi connectivity index (χ1) is 17.6. The van der Waals surface area contributed by atoms with Crippen molar-refractivity contribution >= 4 is 0 Å². The molecule has 0 heterocycles. The molecule has 0 atom stereocenters. The number of phenols is 3. The van der Waals surface area contributed by atoms with Crippen LogP contribution >= 0.6 is 0 Å². The Morgan fingerprint density at radius 3 is 1.49 bits per heavy atom. The van der Waals surface area contributed by atoms with Crippen LogP contribution in [0.1, 0.15) is 75.6 Å². The zero-order chi connectivity index (χ0) is 27.0. The first-order valence-electron chi connectivity index (χ1n) is 13.1. The van der Waals surface area contributed by atoms with Gasteiger partial charge in [-0.15, -0.1) is 0 Å². The molecule has 3 nitrogen and oxygen atoms in total. The highest BCUT2D eigenvalue weighted by Crippen LogP contribution is 2.34. The van der Waals surface area contributed by atoms with Gasteiger partial charge in [-0.2, -0.15) is 0 Å².